The average Bonchev–Trinajstić information content (AvgIpc) is 2.73. The highest BCUT2D eigenvalue weighted by atomic mass is 19.1. The molecule has 0 aliphatic carbocycles. The Kier molecular flexibility index (Phi) is 3.19. The van der Waals surface area contributed by atoms with Crippen LogP contribution < -0.4 is 16.8 Å². The fourth-order valence-electron chi connectivity index (χ4n) is 1.66. The molecule has 0 atom stereocenters. The number of amides is 3. The topological polar surface area (TPSA) is 114 Å². The Bertz CT molecular complexity index is 634. The molecule has 2 rings (SSSR count). The summed E-state index contributed by atoms with van der Waals surface area (Å²) in [6, 6.07) is 6.25. The zero-order chi connectivity index (χ0) is 14.0. The van der Waals surface area contributed by atoms with Gasteiger partial charge in [-0.2, -0.15) is 0 Å². The standard InChI is InChI=1S/C12H11FN4O2/c13-7-3-1-6(2-4-7)9-5-8(10(14)18)11(16-9)17-12(15)19/h1-5,16H,(H2,14,18)(H3,15,17,19). The second-order valence-corrected chi connectivity index (χ2v) is 3.83. The highest BCUT2D eigenvalue weighted by Crippen LogP contribution is 2.25. The van der Waals surface area contributed by atoms with Crippen LogP contribution >= 0.6 is 0 Å². The van der Waals surface area contributed by atoms with E-state index in [-0.39, 0.29) is 17.2 Å². The molecule has 19 heavy (non-hydrogen) atoms. The highest BCUT2D eigenvalue weighted by molar-refractivity contribution is 6.02. The van der Waals surface area contributed by atoms with Crippen LogP contribution in [0.5, 0.6) is 0 Å². The maximum Gasteiger partial charge on any atom is 0.317 e. The van der Waals surface area contributed by atoms with Gasteiger partial charge in [-0.3, -0.25) is 10.1 Å². The molecule has 1 aromatic carbocycles. The number of hydrogen-bond donors (Lipinski definition) is 4. The van der Waals surface area contributed by atoms with E-state index >= 15 is 0 Å². The summed E-state index contributed by atoms with van der Waals surface area (Å²) in [6.07, 6.45) is 0. The van der Waals surface area contributed by atoms with Gasteiger partial charge < -0.3 is 16.5 Å². The second-order valence-electron chi connectivity index (χ2n) is 3.83. The van der Waals surface area contributed by atoms with E-state index in [0.717, 1.165) is 0 Å². The number of aromatic amines is 1. The number of aromatic nitrogens is 1. The minimum absolute atomic E-state index is 0.0955. The number of H-pyrrole nitrogens is 1. The summed E-state index contributed by atoms with van der Waals surface area (Å²) in [5, 5.41) is 2.26. The summed E-state index contributed by atoms with van der Waals surface area (Å²) in [4.78, 5) is 24.9. The van der Waals surface area contributed by atoms with Gasteiger partial charge in [0.25, 0.3) is 5.91 Å². The minimum atomic E-state index is -0.824. The lowest BCUT2D eigenvalue weighted by Crippen LogP contribution is -2.22. The molecule has 0 unspecified atom stereocenters. The predicted octanol–water partition coefficient (Wildman–Crippen LogP) is 1.41. The van der Waals surface area contributed by atoms with Crippen molar-refractivity contribution >= 4 is 17.8 Å². The van der Waals surface area contributed by atoms with Crippen molar-refractivity contribution in [1.82, 2.24) is 4.98 Å². The first-order chi connectivity index (χ1) is 8.97. The smallest absolute Gasteiger partial charge is 0.317 e. The van der Waals surface area contributed by atoms with Gasteiger partial charge in [0.05, 0.1) is 5.56 Å². The molecule has 0 bridgehead atoms. The molecule has 1 heterocycles. The summed E-state index contributed by atoms with van der Waals surface area (Å²) < 4.78 is 12.8. The maximum atomic E-state index is 12.8. The van der Waals surface area contributed by atoms with Crippen LogP contribution in [0.2, 0.25) is 0 Å². The maximum absolute atomic E-state index is 12.8. The third kappa shape index (κ3) is 2.71. The van der Waals surface area contributed by atoms with Crippen LogP contribution in [0, 0.1) is 5.82 Å². The zero-order valence-corrected chi connectivity index (χ0v) is 9.74. The zero-order valence-electron chi connectivity index (χ0n) is 9.74. The largest absolute Gasteiger partial charge is 0.365 e. The van der Waals surface area contributed by atoms with E-state index in [1.807, 2.05) is 0 Å². The molecule has 0 aliphatic rings. The number of rotatable bonds is 3. The van der Waals surface area contributed by atoms with Crippen molar-refractivity contribution in [2.24, 2.45) is 11.5 Å². The average molecular weight is 262 g/mol. The van der Waals surface area contributed by atoms with Gasteiger partial charge in [-0.25, -0.2) is 9.18 Å². The molecular formula is C12H11FN4O2. The second kappa shape index (κ2) is 4.81. The van der Waals surface area contributed by atoms with Crippen LogP contribution in [0.3, 0.4) is 0 Å². The van der Waals surface area contributed by atoms with E-state index in [1.54, 1.807) is 0 Å². The fourth-order valence-corrected chi connectivity index (χ4v) is 1.66. The number of hydrogen-bond acceptors (Lipinski definition) is 2. The van der Waals surface area contributed by atoms with Gasteiger partial charge in [0, 0.05) is 5.69 Å². The van der Waals surface area contributed by atoms with E-state index < -0.39 is 11.9 Å². The lowest BCUT2D eigenvalue weighted by molar-refractivity contribution is 0.100. The van der Waals surface area contributed by atoms with E-state index in [2.05, 4.69) is 10.3 Å². The Morgan fingerprint density at radius 3 is 2.32 bits per heavy atom. The van der Waals surface area contributed by atoms with Gasteiger partial charge >= 0.3 is 6.03 Å². The van der Waals surface area contributed by atoms with Crippen LogP contribution in [-0.2, 0) is 0 Å². The van der Waals surface area contributed by atoms with Crippen molar-refractivity contribution in [3.8, 4) is 11.3 Å². The highest BCUT2D eigenvalue weighted by Gasteiger charge is 2.15. The minimum Gasteiger partial charge on any atom is -0.365 e. The lowest BCUT2D eigenvalue weighted by atomic mass is 10.1. The number of carbonyl (C=O) groups is 2. The number of nitrogens with one attached hydrogen (secondary N) is 2. The molecule has 0 spiro atoms. The summed E-state index contributed by atoms with van der Waals surface area (Å²) in [5.74, 6) is -0.978. The number of carbonyl (C=O) groups excluding carboxylic acids is 2. The third-order valence-electron chi connectivity index (χ3n) is 2.49. The lowest BCUT2D eigenvalue weighted by Gasteiger charge is -2.00. The Balaban J connectivity index is 2.45. The molecule has 0 saturated heterocycles. The van der Waals surface area contributed by atoms with Crippen LogP contribution in [0.15, 0.2) is 30.3 Å². The molecule has 3 amide bonds. The van der Waals surface area contributed by atoms with Crippen LogP contribution in [0.1, 0.15) is 10.4 Å². The Morgan fingerprint density at radius 2 is 1.79 bits per heavy atom. The van der Waals surface area contributed by atoms with Gasteiger partial charge in [-0.1, -0.05) is 0 Å². The third-order valence-corrected chi connectivity index (χ3v) is 2.49. The molecule has 1 aromatic heterocycles. The predicted molar refractivity (Wildman–Crippen MR) is 67.9 cm³/mol. The Morgan fingerprint density at radius 1 is 1.16 bits per heavy atom. The normalized spacial score (nSPS) is 10.2. The van der Waals surface area contributed by atoms with Gasteiger partial charge in [-0.15, -0.1) is 0 Å². The molecule has 6 N–H and O–H groups in total. The van der Waals surface area contributed by atoms with Crippen molar-refractivity contribution in [1.29, 1.82) is 0 Å². The van der Waals surface area contributed by atoms with E-state index in [1.165, 1.54) is 30.3 Å². The first-order valence-corrected chi connectivity index (χ1v) is 5.32. The molecule has 0 saturated carbocycles. The SMILES string of the molecule is NC(=O)Nc1[nH]c(-c2ccc(F)cc2)cc1C(N)=O. The number of halogens is 1. The number of nitrogens with two attached hydrogens (primary N) is 2. The first-order valence-electron chi connectivity index (χ1n) is 5.32. The monoisotopic (exact) mass is 262 g/mol. The first kappa shape index (κ1) is 12.6. The van der Waals surface area contributed by atoms with Gasteiger partial charge in [0.15, 0.2) is 0 Å². The Hall–Kier alpha value is -2.83. The molecule has 0 fully saturated rings. The van der Waals surface area contributed by atoms with Crippen LogP contribution in [-0.4, -0.2) is 16.9 Å². The summed E-state index contributed by atoms with van der Waals surface area (Å²) in [5.41, 5.74) is 11.4. The van der Waals surface area contributed by atoms with Gasteiger partial charge in [0.1, 0.15) is 11.6 Å². The summed E-state index contributed by atoms with van der Waals surface area (Å²) >= 11 is 0. The van der Waals surface area contributed by atoms with Crippen LogP contribution in [0.4, 0.5) is 15.0 Å². The van der Waals surface area contributed by atoms with E-state index in [4.69, 9.17) is 11.5 Å². The number of benzene rings is 1. The quantitative estimate of drug-likeness (QED) is 0.669. The van der Waals surface area contributed by atoms with Crippen molar-refractivity contribution in [2.75, 3.05) is 5.32 Å². The molecular weight excluding hydrogens is 251 g/mol. The fraction of sp³-hybridized carbons (Fsp3) is 0. The molecule has 6 nitrogen and oxygen atoms in total. The van der Waals surface area contributed by atoms with Gasteiger partial charge in [0.2, 0.25) is 0 Å². The van der Waals surface area contributed by atoms with Crippen molar-refractivity contribution in [3.63, 3.8) is 0 Å². The molecule has 98 valence electrons. The molecule has 2 aromatic rings. The number of primary amides is 2. The number of anilines is 1. The Labute approximate surface area is 107 Å². The summed E-state index contributed by atoms with van der Waals surface area (Å²) in [7, 11) is 0. The molecule has 0 radical (unpaired) electrons. The van der Waals surface area contributed by atoms with Gasteiger partial charge in [-0.05, 0) is 35.9 Å². The molecule has 7 heteroatoms. The molecule has 0 aliphatic heterocycles. The van der Waals surface area contributed by atoms with E-state index in [9.17, 15) is 14.0 Å². The van der Waals surface area contributed by atoms with Crippen molar-refractivity contribution < 1.29 is 14.0 Å². The van der Waals surface area contributed by atoms with Crippen LogP contribution in [0.25, 0.3) is 11.3 Å². The van der Waals surface area contributed by atoms with E-state index in [0.29, 0.717) is 11.3 Å². The van der Waals surface area contributed by atoms with Crippen molar-refractivity contribution in [2.45, 2.75) is 0 Å². The summed E-state index contributed by atoms with van der Waals surface area (Å²) in [6.45, 7) is 0. The number of urea groups is 1. The van der Waals surface area contributed by atoms with Crippen molar-refractivity contribution in [3.05, 3.63) is 41.7 Å².